The molecule has 0 rings (SSSR count). The van der Waals surface area contributed by atoms with Crippen LogP contribution in [0.5, 0.6) is 0 Å². The average Bonchev–Trinajstić information content (AvgIpc) is 2.11. The molecule has 0 saturated carbocycles. The molecule has 1 unspecified atom stereocenters. The molecule has 0 saturated heterocycles. The van der Waals surface area contributed by atoms with Crippen molar-refractivity contribution in [2.24, 2.45) is 11.7 Å². The van der Waals surface area contributed by atoms with Crippen molar-refractivity contribution >= 4 is 5.91 Å². The molecule has 0 aliphatic carbocycles. The van der Waals surface area contributed by atoms with E-state index >= 15 is 0 Å². The maximum absolute atomic E-state index is 11.9. The number of nitrogens with two attached hydrogens (primary N) is 1. The van der Waals surface area contributed by atoms with E-state index in [0.717, 1.165) is 11.3 Å². The molecule has 0 aromatic carbocycles. The summed E-state index contributed by atoms with van der Waals surface area (Å²) in [4.78, 5) is 12.5. The number of nitrogens with zero attached hydrogens (tertiary/aromatic N) is 1. The maximum atomic E-state index is 11.9. The van der Waals surface area contributed by atoms with Gasteiger partial charge in [-0.3, -0.25) is 4.79 Å². The second-order valence-corrected chi connectivity index (χ2v) is 3.44. The Bertz CT molecular complexity index is 176. The summed E-state index contributed by atoms with van der Waals surface area (Å²) >= 11 is 0. The molecule has 0 radical (unpaired) electrons. The molecule has 2 N–H and O–H groups in total. The monoisotopic (exact) mass is 208 g/mol. The summed E-state index contributed by atoms with van der Waals surface area (Å²) in [7, 11) is 1.40. The summed E-state index contributed by atoms with van der Waals surface area (Å²) in [6.07, 6.45) is -1.07. The van der Waals surface area contributed by atoms with E-state index in [4.69, 9.17) is 5.73 Å². The third-order valence-corrected chi connectivity index (χ3v) is 2.05. The highest BCUT2D eigenvalue weighted by atomic mass is 19.3. The van der Waals surface area contributed by atoms with Crippen LogP contribution in [0, 0.1) is 5.92 Å². The Hall–Kier alpha value is -0.710. The van der Waals surface area contributed by atoms with Crippen molar-refractivity contribution in [2.45, 2.75) is 26.2 Å². The third-order valence-electron chi connectivity index (χ3n) is 2.05. The van der Waals surface area contributed by atoms with Crippen molar-refractivity contribution in [3.8, 4) is 0 Å². The second-order valence-electron chi connectivity index (χ2n) is 3.44. The number of rotatable bonds is 6. The van der Waals surface area contributed by atoms with Gasteiger partial charge in [-0.2, -0.15) is 0 Å². The first-order valence-electron chi connectivity index (χ1n) is 4.72. The van der Waals surface area contributed by atoms with Crippen LogP contribution in [0.4, 0.5) is 8.78 Å². The first-order chi connectivity index (χ1) is 6.49. The lowest BCUT2D eigenvalue weighted by molar-refractivity contribution is -0.135. The number of halogens is 2. The fourth-order valence-electron chi connectivity index (χ4n) is 1.22. The van der Waals surface area contributed by atoms with Gasteiger partial charge in [0.1, 0.15) is 0 Å². The predicted molar refractivity (Wildman–Crippen MR) is 51.1 cm³/mol. The summed E-state index contributed by atoms with van der Waals surface area (Å²) < 4.78 is 23.9. The molecule has 84 valence electrons. The fourth-order valence-corrected chi connectivity index (χ4v) is 1.22. The van der Waals surface area contributed by atoms with Crippen LogP contribution < -0.4 is 5.73 Å². The van der Waals surface area contributed by atoms with Crippen LogP contribution in [-0.4, -0.2) is 37.4 Å². The highest BCUT2D eigenvalue weighted by Gasteiger charge is 2.19. The minimum atomic E-state index is -2.47. The lowest BCUT2D eigenvalue weighted by Gasteiger charge is -2.20. The number of hydrogen-bond acceptors (Lipinski definition) is 2. The summed E-state index contributed by atoms with van der Waals surface area (Å²) in [6.45, 7) is 1.77. The van der Waals surface area contributed by atoms with E-state index < -0.39 is 13.0 Å². The van der Waals surface area contributed by atoms with Gasteiger partial charge in [0.15, 0.2) is 0 Å². The minimum Gasteiger partial charge on any atom is -0.340 e. The van der Waals surface area contributed by atoms with E-state index in [1.54, 1.807) is 6.92 Å². The normalized spacial score (nSPS) is 13.0. The van der Waals surface area contributed by atoms with Crippen LogP contribution in [0.2, 0.25) is 0 Å². The van der Waals surface area contributed by atoms with Crippen LogP contribution >= 0.6 is 0 Å². The van der Waals surface area contributed by atoms with Crippen molar-refractivity contribution < 1.29 is 13.6 Å². The number of carbonyl (C=O) groups is 1. The smallest absolute Gasteiger partial charge is 0.255 e. The number of hydrogen-bond donors (Lipinski definition) is 1. The lowest BCUT2D eigenvalue weighted by Crippen LogP contribution is -2.35. The van der Waals surface area contributed by atoms with Gasteiger partial charge in [-0.15, -0.1) is 0 Å². The standard InChI is InChI=1S/C9H18F2N2O/c1-7(4-3-5-12)9(14)13(2)6-8(10)11/h7-8H,3-6,12H2,1-2H3. The molecule has 0 fully saturated rings. The molecule has 0 aliphatic rings. The maximum Gasteiger partial charge on any atom is 0.255 e. The lowest BCUT2D eigenvalue weighted by atomic mass is 10.0. The van der Waals surface area contributed by atoms with E-state index in [2.05, 4.69) is 0 Å². The first-order valence-corrected chi connectivity index (χ1v) is 4.72. The van der Waals surface area contributed by atoms with Crippen molar-refractivity contribution in [3.05, 3.63) is 0 Å². The van der Waals surface area contributed by atoms with Gasteiger partial charge in [0.2, 0.25) is 5.91 Å². The van der Waals surface area contributed by atoms with Gasteiger partial charge in [-0.05, 0) is 19.4 Å². The zero-order valence-electron chi connectivity index (χ0n) is 8.67. The highest BCUT2D eigenvalue weighted by Crippen LogP contribution is 2.09. The Morgan fingerprint density at radius 3 is 2.50 bits per heavy atom. The summed E-state index contributed by atoms with van der Waals surface area (Å²) in [5.74, 6) is -0.457. The van der Waals surface area contributed by atoms with Gasteiger partial charge in [0.05, 0.1) is 6.54 Å². The Morgan fingerprint density at radius 1 is 1.50 bits per heavy atom. The van der Waals surface area contributed by atoms with Gasteiger partial charge in [-0.25, -0.2) is 8.78 Å². The van der Waals surface area contributed by atoms with E-state index in [1.807, 2.05) is 0 Å². The minimum absolute atomic E-state index is 0.220. The van der Waals surface area contributed by atoms with Gasteiger partial charge in [0.25, 0.3) is 6.43 Å². The predicted octanol–water partition coefficient (Wildman–Crippen LogP) is 1.08. The summed E-state index contributed by atoms with van der Waals surface area (Å²) in [5, 5.41) is 0. The number of alkyl halides is 2. The van der Waals surface area contributed by atoms with Crippen molar-refractivity contribution in [2.75, 3.05) is 20.1 Å². The van der Waals surface area contributed by atoms with Gasteiger partial charge in [-0.1, -0.05) is 6.92 Å². The Morgan fingerprint density at radius 2 is 2.07 bits per heavy atom. The average molecular weight is 208 g/mol. The quantitative estimate of drug-likeness (QED) is 0.710. The molecule has 1 atom stereocenters. The molecule has 1 amide bonds. The summed E-state index contributed by atoms with van der Waals surface area (Å²) in [6, 6.07) is 0. The van der Waals surface area contributed by atoms with Crippen molar-refractivity contribution in [1.82, 2.24) is 4.90 Å². The van der Waals surface area contributed by atoms with Crippen LogP contribution in [0.1, 0.15) is 19.8 Å². The van der Waals surface area contributed by atoms with Gasteiger partial charge >= 0.3 is 0 Å². The van der Waals surface area contributed by atoms with Crippen molar-refractivity contribution in [3.63, 3.8) is 0 Å². The molecule has 0 heterocycles. The Balaban J connectivity index is 3.91. The van der Waals surface area contributed by atoms with E-state index in [-0.39, 0.29) is 11.8 Å². The zero-order chi connectivity index (χ0) is 11.1. The molecule has 5 heteroatoms. The topological polar surface area (TPSA) is 46.3 Å². The molecule has 14 heavy (non-hydrogen) atoms. The summed E-state index contributed by atoms with van der Waals surface area (Å²) in [5.41, 5.74) is 5.29. The highest BCUT2D eigenvalue weighted by molar-refractivity contribution is 5.78. The molecule has 0 aromatic heterocycles. The molecule has 0 bridgehead atoms. The van der Waals surface area contributed by atoms with Crippen LogP contribution in [0.25, 0.3) is 0 Å². The number of carbonyl (C=O) groups excluding carboxylic acids is 1. The Kier molecular flexibility index (Phi) is 6.36. The fraction of sp³-hybridized carbons (Fsp3) is 0.889. The molecule has 0 spiro atoms. The van der Waals surface area contributed by atoms with Gasteiger partial charge < -0.3 is 10.6 Å². The second kappa shape index (κ2) is 6.70. The molecule has 3 nitrogen and oxygen atoms in total. The molecular weight excluding hydrogens is 190 g/mol. The van der Waals surface area contributed by atoms with Gasteiger partial charge in [0, 0.05) is 13.0 Å². The van der Waals surface area contributed by atoms with Crippen LogP contribution in [0.3, 0.4) is 0 Å². The van der Waals surface area contributed by atoms with Crippen molar-refractivity contribution in [1.29, 1.82) is 0 Å². The van der Waals surface area contributed by atoms with Crippen LogP contribution in [0.15, 0.2) is 0 Å². The van der Waals surface area contributed by atoms with Crippen LogP contribution in [-0.2, 0) is 4.79 Å². The number of amides is 1. The Labute approximate surface area is 83.3 Å². The van der Waals surface area contributed by atoms with E-state index in [1.165, 1.54) is 7.05 Å². The molecule has 0 aromatic rings. The largest absolute Gasteiger partial charge is 0.340 e. The van der Waals surface area contributed by atoms with E-state index in [0.29, 0.717) is 13.0 Å². The zero-order valence-corrected chi connectivity index (χ0v) is 8.67. The van der Waals surface area contributed by atoms with E-state index in [9.17, 15) is 13.6 Å². The molecule has 0 aliphatic heterocycles. The SMILES string of the molecule is CC(CCCN)C(=O)N(C)CC(F)F. The third kappa shape index (κ3) is 5.11. The first kappa shape index (κ1) is 13.3. The molecular formula is C9H18F2N2O.